The summed E-state index contributed by atoms with van der Waals surface area (Å²) in [4.78, 5) is 0. The second-order valence-electron chi connectivity index (χ2n) is 3.05. The molecule has 0 bridgehead atoms. The van der Waals surface area contributed by atoms with Gasteiger partial charge in [0.15, 0.2) is 0 Å². The predicted octanol–water partition coefficient (Wildman–Crippen LogP) is 1.53. The zero-order valence-electron chi connectivity index (χ0n) is 7.64. The van der Waals surface area contributed by atoms with Crippen molar-refractivity contribution < 1.29 is 0 Å². The number of nitrogens with zero attached hydrogens (tertiary/aromatic N) is 1. The summed E-state index contributed by atoms with van der Waals surface area (Å²) in [6.45, 7) is 0. The van der Waals surface area contributed by atoms with Crippen LogP contribution in [0.5, 0.6) is 0 Å². The first kappa shape index (κ1) is 8.50. The van der Waals surface area contributed by atoms with Crippen molar-refractivity contribution >= 4 is 17.1 Å². The minimum Gasteiger partial charge on any atom is -0.396 e. The molecule has 1 aromatic carbocycles. The van der Waals surface area contributed by atoms with E-state index < -0.39 is 0 Å². The first-order chi connectivity index (χ1) is 6.75. The molecule has 4 heteroatoms. The molecule has 72 valence electrons. The maximum atomic E-state index is 5.61. The lowest BCUT2D eigenvalue weighted by Gasteiger charge is -2.05. The van der Waals surface area contributed by atoms with E-state index in [0.29, 0.717) is 11.4 Å². The van der Waals surface area contributed by atoms with E-state index in [1.54, 1.807) is 17.1 Å². The number of nitrogen functional groups attached to an aromatic ring is 2. The van der Waals surface area contributed by atoms with Crippen LogP contribution in [0.15, 0.2) is 42.7 Å². The van der Waals surface area contributed by atoms with E-state index in [1.807, 2.05) is 30.3 Å². The molecule has 5 N–H and O–H groups in total. The summed E-state index contributed by atoms with van der Waals surface area (Å²) < 4.78 is 1.74. The van der Waals surface area contributed by atoms with E-state index in [4.69, 9.17) is 11.5 Å². The van der Waals surface area contributed by atoms with Crippen LogP contribution in [0.25, 0.3) is 0 Å². The zero-order chi connectivity index (χ0) is 9.97. The number of para-hydroxylation sites is 1. The highest BCUT2D eigenvalue weighted by atomic mass is 15.4. The van der Waals surface area contributed by atoms with Crippen molar-refractivity contribution in [2.24, 2.45) is 0 Å². The number of benzene rings is 1. The number of aromatic nitrogens is 1. The van der Waals surface area contributed by atoms with Crippen LogP contribution >= 0.6 is 0 Å². The zero-order valence-corrected chi connectivity index (χ0v) is 7.64. The maximum absolute atomic E-state index is 5.61. The Hall–Kier alpha value is -2.10. The van der Waals surface area contributed by atoms with Crippen molar-refractivity contribution in [2.45, 2.75) is 0 Å². The average Bonchev–Trinajstić information content (AvgIpc) is 2.47. The van der Waals surface area contributed by atoms with Crippen molar-refractivity contribution in [2.75, 3.05) is 16.9 Å². The molecule has 0 saturated carbocycles. The lowest BCUT2D eigenvalue weighted by Crippen LogP contribution is -2.05. The Morgan fingerprint density at radius 2 is 1.50 bits per heavy atom. The van der Waals surface area contributed by atoms with Crippen LogP contribution in [0.2, 0.25) is 0 Å². The van der Waals surface area contributed by atoms with Crippen LogP contribution in [-0.2, 0) is 0 Å². The van der Waals surface area contributed by atoms with Crippen LogP contribution in [0.3, 0.4) is 0 Å². The normalized spacial score (nSPS) is 10.0. The van der Waals surface area contributed by atoms with Crippen molar-refractivity contribution in [3.63, 3.8) is 0 Å². The SMILES string of the molecule is Nc1cn(Nc2ccccc2)cc1N. The van der Waals surface area contributed by atoms with Crippen molar-refractivity contribution in [3.05, 3.63) is 42.7 Å². The number of hydrogen-bond acceptors (Lipinski definition) is 3. The van der Waals surface area contributed by atoms with Gasteiger partial charge in [0.2, 0.25) is 0 Å². The molecule has 0 aliphatic rings. The quantitative estimate of drug-likeness (QED) is 0.669. The molecule has 1 aromatic heterocycles. The van der Waals surface area contributed by atoms with Gasteiger partial charge in [0.25, 0.3) is 0 Å². The third-order valence-electron chi connectivity index (χ3n) is 1.92. The maximum Gasteiger partial charge on any atom is 0.0749 e. The summed E-state index contributed by atoms with van der Waals surface area (Å²) in [5.41, 5.74) is 16.5. The van der Waals surface area contributed by atoms with Crippen LogP contribution in [0.1, 0.15) is 0 Å². The summed E-state index contributed by atoms with van der Waals surface area (Å²) in [6, 6.07) is 9.80. The molecule has 2 rings (SSSR count). The lowest BCUT2D eigenvalue weighted by molar-refractivity contribution is 0.973. The second-order valence-corrected chi connectivity index (χ2v) is 3.05. The molecule has 0 aliphatic heterocycles. The summed E-state index contributed by atoms with van der Waals surface area (Å²) in [5.74, 6) is 0. The Balaban J connectivity index is 2.19. The van der Waals surface area contributed by atoms with Gasteiger partial charge in [-0.25, -0.2) is 0 Å². The molecule has 0 radical (unpaired) electrons. The Morgan fingerprint density at radius 1 is 0.929 bits per heavy atom. The highest BCUT2D eigenvalue weighted by molar-refractivity contribution is 5.62. The van der Waals surface area contributed by atoms with Crippen molar-refractivity contribution in [1.82, 2.24) is 4.68 Å². The second kappa shape index (κ2) is 3.33. The smallest absolute Gasteiger partial charge is 0.0749 e. The van der Waals surface area contributed by atoms with E-state index in [0.717, 1.165) is 5.69 Å². The van der Waals surface area contributed by atoms with E-state index in [2.05, 4.69) is 5.43 Å². The van der Waals surface area contributed by atoms with E-state index in [-0.39, 0.29) is 0 Å². The largest absolute Gasteiger partial charge is 0.396 e. The number of anilines is 3. The van der Waals surface area contributed by atoms with Gasteiger partial charge in [0, 0.05) is 0 Å². The van der Waals surface area contributed by atoms with Gasteiger partial charge in [-0.15, -0.1) is 0 Å². The van der Waals surface area contributed by atoms with E-state index in [9.17, 15) is 0 Å². The van der Waals surface area contributed by atoms with Crippen molar-refractivity contribution in [3.8, 4) is 0 Å². The Bertz CT molecular complexity index is 399. The van der Waals surface area contributed by atoms with Crippen LogP contribution < -0.4 is 16.9 Å². The Kier molecular flexibility index (Phi) is 2.02. The van der Waals surface area contributed by atoms with Gasteiger partial charge in [0.05, 0.1) is 29.5 Å². The van der Waals surface area contributed by atoms with Gasteiger partial charge in [-0.1, -0.05) is 18.2 Å². The predicted molar refractivity (Wildman–Crippen MR) is 58.7 cm³/mol. The van der Waals surface area contributed by atoms with Crippen molar-refractivity contribution in [1.29, 1.82) is 0 Å². The topological polar surface area (TPSA) is 69.0 Å². The van der Waals surface area contributed by atoms with Crippen LogP contribution in [0, 0.1) is 0 Å². The summed E-state index contributed by atoms with van der Waals surface area (Å²) in [6.07, 6.45) is 3.48. The van der Waals surface area contributed by atoms with Gasteiger partial charge in [-0.05, 0) is 12.1 Å². The highest BCUT2D eigenvalue weighted by Gasteiger charge is 1.98. The molecule has 2 aromatic rings. The minimum atomic E-state index is 0.577. The molecule has 14 heavy (non-hydrogen) atoms. The molecule has 0 fully saturated rings. The minimum absolute atomic E-state index is 0.577. The first-order valence-electron chi connectivity index (χ1n) is 4.31. The number of nitrogens with one attached hydrogen (secondary N) is 1. The summed E-state index contributed by atoms with van der Waals surface area (Å²) in [5, 5.41) is 0. The summed E-state index contributed by atoms with van der Waals surface area (Å²) in [7, 11) is 0. The molecule has 4 nitrogen and oxygen atoms in total. The number of rotatable bonds is 2. The molecular formula is C10H12N4. The first-order valence-corrected chi connectivity index (χ1v) is 4.31. The Morgan fingerprint density at radius 3 is 2.07 bits per heavy atom. The lowest BCUT2D eigenvalue weighted by atomic mass is 10.3. The summed E-state index contributed by atoms with van der Waals surface area (Å²) >= 11 is 0. The Labute approximate surface area is 82.1 Å². The van der Waals surface area contributed by atoms with Gasteiger partial charge < -0.3 is 11.5 Å². The van der Waals surface area contributed by atoms with Gasteiger partial charge in [-0.2, -0.15) is 0 Å². The average molecular weight is 188 g/mol. The number of hydrogen-bond donors (Lipinski definition) is 3. The molecule has 0 amide bonds. The monoisotopic (exact) mass is 188 g/mol. The molecule has 0 unspecified atom stereocenters. The number of nitrogens with two attached hydrogens (primary N) is 2. The molecule has 0 spiro atoms. The molecular weight excluding hydrogens is 176 g/mol. The third kappa shape index (κ3) is 1.64. The third-order valence-corrected chi connectivity index (χ3v) is 1.92. The van der Waals surface area contributed by atoms with Gasteiger partial charge >= 0.3 is 0 Å². The fraction of sp³-hybridized carbons (Fsp3) is 0. The van der Waals surface area contributed by atoms with Crippen LogP contribution in [-0.4, -0.2) is 4.68 Å². The fourth-order valence-corrected chi connectivity index (χ4v) is 1.21. The van der Waals surface area contributed by atoms with Gasteiger partial charge in [-0.3, -0.25) is 10.1 Å². The van der Waals surface area contributed by atoms with Crippen LogP contribution in [0.4, 0.5) is 17.1 Å². The van der Waals surface area contributed by atoms with E-state index >= 15 is 0 Å². The van der Waals surface area contributed by atoms with Gasteiger partial charge in [0.1, 0.15) is 0 Å². The van der Waals surface area contributed by atoms with E-state index in [1.165, 1.54) is 0 Å². The molecule has 0 atom stereocenters. The highest BCUT2D eigenvalue weighted by Crippen LogP contribution is 2.15. The molecule has 0 aliphatic carbocycles. The standard InChI is InChI=1S/C10H12N4/c11-9-6-14(7-10(9)12)13-8-4-2-1-3-5-8/h1-7,13H,11-12H2. The molecule has 0 saturated heterocycles. The molecule has 1 heterocycles. The fourth-order valence-electron chi connectivity index (χ4n) is 1.21.